The third-order valence-electron chi connectivity index (χ3n) is 4.97. The third-order valence-corrected chi connectivity index (χ3v) is 6.79. The minimum atomic E-state index is -3.76. The molecule has 0 saturated heterocycles. The molecule has 1 unspecified atom stereocenters. The Bertz CT molecular complexity index is 1220. The van der Waals surface area contributed by atoms with Crippen molar-refractivity contribution in [3.63, 3.8) is 0 Å². The molecule has 4 rings (SSSR count). The van der Waals surface area contributed by atoms with Gasteiger partial charge in [0.05, 0.1) is 15.8 Å². The molecule has 2 N–H and O–H groups in total. The molecular formula is C17H19N5O4S. The molecule has 1 atom stereocenters. The van der Waals surface area contributed by atoms with E-state index in [2.05, 4.69) is 19.5 Å². The molecule has 0 aliphatic carbocycles. The van der Waals surface area contributed by atoms with Gasteiger partial charge in [-0.1, -0.05) is 0 Å². The lowest BCUT2D eigenvalue weighted by Crippen LogP contribution is -2.35. The minimum Gasteiger partial charge on any atom is -0.335 e. The first-order valence-electron chi connectivity index (χ1n) is 8.57. The number of nitrogens with zero attached hydrogens (tertiary/aromatic N) is 3. The van der Waals surface area contributed by atoms with Gasteiger partial charge < -0.3 is 9.55 Å². The Morgan fingerprint density at radius 3 is 2.93 bits per heavy atom. The summed E-state index contributed by atoms with van der Waals surface area (Å²) in [7, 11) is -2.22. The molecule has 1 aromatic carbocycles. The molecule has 1 aliphatic rings. The number of sulfonamides is 1. The van der Waals surface area contributed by atoms with Gasteiger partial charge in [0.25, 0.3) is 5.56 Å². The van der Waals surface area contributed by atoms with E-state index in [4.69, 9.17) is 0 Å². The fourth-order valence-electron chi connectivity index (χ4n) is 3.53. The van der Waals surface area contributed by atoms with Crippen LogP contribution in [0.1, 0.15) is 12.2 Å². The monoisotopic (exact) mass is 389 g/mol. The fraction of sp³-hybridized carbons (Fsp3) is 0.353. The Kier molecular flexibility index (Phi) is 4.23. The lowest BCUT2D eigenvalue weighted by Gasteiger charge is -2.27. The molecule has 1 aliphatic heterocycles. The number of nitrogens with one attached hydrogen (secondary N) is 2. The number of benzene rings is 1. The van der Waals surface area contributed by atoms with Crippen LogP contribution in [0.3, 0.4) is 0 Å². The Morgan fingerprint density at radius 2 is 2.11 bits per heavy atom. The molecule has 9 nitrogen and oxygen atoms in total. The topological polar surface area (TPSA) is 121 Å². The first kappa shape index (κ1) is 17.7. The van der Waals surface area contributed by atoms with E-state index in [-0.39, 0.29) is 16.2 Å². The average Bonchev–Trinajstić information content (AvgIpc) is 3.09. The number of hydrogen-bond acceptors (Lipinski definition) is 5. The molecule has 0 saturated carbocycles. The summed E-state index contributed by atoms with van der Waals surface area (Å²) in [5, 5.41) is 0.129. The highest BCUT2D eigenvalue weighted by molar-refractivity contribution is 7.89. The number of rotatable bonds is 4. The second-order valence-electron chi connectivity index (χ2n) is 6.80. The van der Waals surface area contributed by atoms with Gasteiger partial charge in [-0.25, -0.2) is 22.5 Å². The Balaban J connectivity index is 1.60. The molecule has 142 valence electrons. The summed E-state index contributed by atoms with van der Waals surface area (Å²) in [5.74, 6) is 1.21. The van der Waals surface area contributed by atoms with Crippen molar-refractivity contribution in [3.05, 3.63) is 57.3 Å². The van der Waals surface area contributed by atoms with Crippen LogP contribution in [0.2, 0.25) is 0 Å². The average molecular weight is 389 g/mol. The number of fused-ring (bicyclic) bond motifs is 2. The van der Waals surface area contributed by atoms with Crippen LogP contribution in [-0.2, 0) is 23.0 Å². The highest BCUT2D eigenvalue weighted by Gasteiger charge is 2.27. The zero-order valence-electron chi connectivity index (χ0n) is 14.7. The molecule has 0 spiro atoms. The summed E-state index contributed by atoms with van der Waals surface area (Å²) in [5.41, 5.74) is -0.949. The van der Waals surface area contributed by atoms with E-state index in [1.54, 1.807) is 13.2 Å². The third kappa shape index (κ3) is 3.21. The highest BCUT2D eigenvalue weighted by Crippen LogP contribution is 2.23. The molecule has 0 radical (unpaired) electrons. The van der Waals surface area contributed by atoms with Gasteiger partial charge in [0, 0.05) is 39.0 Å². The molecule has 2 aromatic heterocycles. The predicted octanol–water partition coefficient (Wildman–Crippen LogP) is 0.296. The lowest BCUT2D eigenvalue weighted by atomic mass is 10.00. The number of aromatic nitrogens is 4. The van der Waals surface area contributed by atoms with E-state index in [1.807, 2.05) is 6.20 Å². The molecule has 27 heavy (non-hydrogen) atoms. The van der Waals surface area contributed by atoms with E-state index in [9.17, 15) is 18.0 Å². The van der Waals surface area contributed by atoms with Crippen molar-refractivity contribution in [2.24, 2.45) is 5.92 Å². The van der Waals surface area contributed by atoms with Crippen LogP contribution in [0.5, 0.6) is 0 Å². The quantitative estimate of drug-likeness (QED) is 0.665. The van der Waals surface area contributed by atoms with Crippen molar-refractivity contribution < 1.29 is 8.42 Å². The van der Waals surface area contributed by atoms with Gasteiger partial charge in [-0.15, -0.1) is 0 Å². The number of imidazole rings is 1. The summed E-state index contributed by atoms with van der Waals surface area (Å²) in [4.78, 5) is 32.2. The maximum Gasteiger partial charge on any atom is 0.326 e. The Labute approximate surface area is 154 Å². The lowest BCUT2D eigenvalue weighted by molar-refractivity contribution is 0.303. The zero-order chi connectivity index (χ0) is 19.2. The number of H-pyrrole nitrogens is 2. The van der Waals surface area contributed by atoms with Crippen molar-refractivity contribution >= 4 is 20.9 Å². The zero-order valence-corrected chi connectivity index (χ0v) is 15.5. The summed E-state index contributed by atoms with van der Waals surface area (Å²) >= 11 is 0. The second-order valence-corrected chi connectivity index (χ2v) is 8.85. The van der Waals surface area contributed by atoms with Crippen molar-refractivity contribution in [1.29, 1.82) is 0 Å². The van der Waals surface area contributed by atoms with Gasteiger partial charge in [-0.05, 0) is 30.5 Å². The molecule has 3 heterocycles. The van der Waals surface area contributed by atoms with Crippen LogP contribution in [0.15, 0.2) is 45.1 Å². The maximum absolute atomic E-state index is 12.9. The van der Waals surface area contributed by atoms with Crippen LogP contribution in [0.25, 0.3) is 10.9 Å². The van der Waals surface area contributed by atoms with Gasteiger partial charge in [0.1, 0.15) is 5.82 Å². The van der Waals surface area contributed by atoms with E-state index in [0.717, 1.165) is 25.2 Å². The largest absolute Gasteiger partial charge is 0.335 e. The van der Waals surface area contributed by atoms with Crippen molar-refractivity contribution in [3.8, 4) is 0 Å². The van der Waals surface area contributed by atoms with Crippen molar-refractivity contribution in [1.82, 2.24) is 23.8 Å². The van der Waals surface area contributed by atoms with Crippen molar-refractivity contribution in [2.45, 2.75) is 24.3 Å². The molecular weight excluding hydrogens is 370 g/mol. The van der Waals surface area contributed by atoms with Gasteiger partial charge in [-0.3, -0.25) is 9.78 Å². The maximum atomic E-state index is 12.9. The summed E-state index contributed by atoms with van der Waals surface area (Å²) in [6.45, 7) is 1.10. The van der Waals surface area contributed by atoms with Gasteiger partial charge >= 0.3 is 5.69 Å². The number of hydrogen-bond donors (Lipinski definition) is 2. The Morgan fingerprint density at radius 1 is 1.30 bits per heavy atom. The molecule has 0 amide bonds. The van der Waals surface area contributed by atoms with E-state index in [1.165, 1.54) is 22.5 Å². The predicted molar refractivity (Wildman–Crippen MR) is 99.0 cm³/mol. The smallest absolute Gasteiger partial charge is 0.326 e. The second kappa shape index (κ2) is 6.46. The van der Waals surface area contributed by atoms with Crippen molar-refractivity contribution in [2.75, 3.05) is 13.6 Å². The van der Waals surface area contributed by atoms with Gasteiger partial charge in [0.2, 0.25) is 10.0 Å². The van der Waals surface area contributed by atoms with E-state index in [0.29, 0.717) is 12.1 Å². The number of aryl methyl sites for hydroxylation is 1. The van der Waals surface area contributed by atoms with Crippen LogP contribution in [0, 0.1) is 5.92 Å². The van der Waals surface area contributed by atoms with E-state index < -0.39 is 21.3 Å². The first-order valence-corrected chi connectivity index (χ1v) is 10.0. The minimum absolute atomic E-state index is 0.0224. The van der Waals surface area contributed by atoms with Gasteiger partial charge in [0.15, 0.2) is 0 Å². The number of aromatic amines is 2. The Hall–Kier alpha value is -2.72. The molecule has 0 fully saturated rings. The summed E-state index contributed by atoms with van der Waals surface area (Å²) < 4.78 is 29.3. The summed E-state index contributed by atoms with van der Waals surface area (Å²) in [6, 6.07) is 4.13. The first-order chi connectivity index (χ1) is 12.8. The molecule has 0 bridgehead atoms. The van der Waals surface area contributed by atoms with E-state index >= 15 is 0 Å². The van der Waals surface area contributed by atoms with Crippen LogP contribution < -0.4 is 11.2 Å². The fourth-order valence-corrected chi connectivity index (χ4v) is 4.81. The van der Waals surface area contributed by atoms with Gasteiger partial charge in [-0.2, -0.15) is 0 Å². The van der Waals surface area contributed by atoms with Crippen LogP contribution >= 0.6 is 0 Å². The summed E-state index contributed by atoms with van der Waals surface area (Å²) in [6.07, 6.45) is 5.36. The van der Waals surface area contributed by atoms with Crippen LogP contribution in [-0.4, -0.2) is 45.8 Å². The van der Waals surface area contributed by atoms with Crippen LogP contribution in [0.4, 0.5) is 0 Å². The normalized spacial score (nSPS) is 17.3. The standard InChI is InChI=1S/C17H19N5O4S/c1-21(9-11-2-5-15-18-6-7-22(15)10-11)27(25,26)12-3-4-14-13(8-12)16(23)20-17(24)19-14/h3-4,6-8,11H,2,5,9-10H2,1H3,(H2,19,20,23,24). The molecule has 10 heteroatoms. The highest BCUT2D eigenvalue weighted by atomic mass is 32.2. The SMILES string of the molecule is CN(CC1CCc2nccn2C1)S(=O)(=O)c1ccc2[nH]c(=O)[nH]c(=O)c2c1. The molecule has 3 aromatic rings.